The van der Waals surface area contributed by atoms with Gasteiger partial charge in [0.05, 0.1) is 16.8 Å². The van der Waals surface area contributed by atoms with Crippen molar-refractivity contribution in [2.75, 3.05) is 4.90 Å². The van der Waals surface area contributed by atoms with Crippen LogP contribution in [0.4, 0.5) is 17.1 Å². The Hall–Kier alpha value is -7.88. The van der Waals surface area contributed by atoms with Gasteiger partial charge >= 0.3 is 0 Å². The average Bonchev–Trinajstić information content (AvgIpc) is 3.88. The maximum Gasteiger partial charge on any atom is 0.137 e. The van der Waals surface area contributed by atoms with Crippen molar-refractivity contribution in [2.24, 2.45) is 0 Å². The molecule has 12 rings (SSSR count). The summed E-state index contributed by atoms with van der Waals surface area (Å²) in [5.74, 6) is 0. The molecular formula is C56H35NO2. The van der Waals surface area contributed by atoms with Gasteiger partial charge in [-0.2, -0.15) is 0 Å². The molecule has 0 bridgehead atoms. The number of para-hydroxylation sites is 2. The van der Waals surface area contributed by atoms with Gasteiger partial charge < -0.3 is 13.7 Å². The van der Waals surface area contributed by atoms with Gasteiger partial charge in [0.25, 0.3) is 0 Å². The summed E-state index contributed by atoms with van der Waals surface area (Å²) < 4.78 is 12.9. The van der Waals surface area contributed by atoms with Gasteiger partial charge in [0.1, 0.15) is 22.3 Å². The summed E-state index contributed by atoms with van der Waals surface area (Å²) in [5, 5.41) is 9.33. The van der Waals surface area contributed by atoms with Crippen LogP contribution in [-0.4, -0.2) is 0 Å². The number of benzene rings is 10. The minimum Gasteiger partial charge on any atom is -0.456 e. The quantitative estimate of drug-likeness (QED) is 0.158. The minimum atomic E-state index is 0.845. The monoisotopic (exact) mass is 753 g/mol. The number of hydrogen-bond acceptors (Lipinski definition) is 3. The molecule has 2 aromatic heterocycles. The lowest BCUT2D eigenvalue weighted by molar-refractivity contribution is 0.668. The molecule has 0 aliphatic carbocycles. The van der Waals surface area contributed by atoms with E-state index in [1.807, 2.05) is 18.2 Å². The SMILES string of the molecule is c1ccc(-c2ccc(-c3cc4ccccc4c4ccccc34)cc2N(c2cccc(-c3ccc4c(c3)oc3ccccc34)c2)c2cccc3oc4ccccc4c23)cc1. The minimum absolute atomic E-state index is 0.845. The van der Waals surface area contributed by atoms with Crippen molar-refractivity contribution in [1.82, 2.24) is 0 Å². The van der Waals surface area contributed by atoms with Crippen LogP contribution in [0.15, 0.2) is 221 Å². The summed E-state index contributed by atoms with van der Waals surface area (Å²) in [4.78, 5) is 2.43. The van der Waals surface area contributed by atoms with Gasteiger partial charge in [0.2, 0.25) is 0 Å². The standard InChI is InChI=1S/C56H35NO2/c1-2-14-36(15-3-1)43-30-29-40(49-33-39-16-4-5-19-42(39)44-20-6-7-21-45(44)49)34-51(43)57(50-24-13-27-54-56(50)48-23-9-11-26-53(48)58-54)41-18-12-17-37(32-41)38-28-31-47-46-22-8-10-25-52(46)59-55(47)35-38/h1-35H. The van der Waals surface area contributed by atoms with Gasteiger partial charge in [-0.3, -0.25) is 0 Å². The van der Waals surface area contributed by atoms with E-state index >= 15 is 0 Å². The van der Waals surface area contributed by atoms with E-state index in [0.29, 0.717) is 0 Å². The molecule has 0 saturated heterocycles. The third kappa shape index (κ3) is 5.44. The Bertz CT molecular complexity index is 3580. The molecule has 0 aliphatic rings. The second-order valence-electron chi connectivity index (χ2n) is 15.2. The van der Waals surface area contributed by atoms with Crippen LogP contribution in [0.3, 0.4) is 0 Å². The summed E-state index contributed by atoms with van der Waals surface area (Å²) >= 11 is 0. The summed E-state index contributed by atoms with van der Waals surface area (Å²) in [6.45, 7) is 0. The van der Waals surface area contributed by atoms with Crippen molar-refractivity contribution in [3.8, 4) is 33.4 Å². The molecule has 3 heteroatoms. The zero-order valence-corrected chi connectivity index (χ0v) is 32.0. The lowest BCUT2D eigenvalue weighted by Gasteiger charge is -2.29. The van der Waals surface area contributed by atoms with Crippen LogP contribution in [0.1, 0.15) is 0 Å². The van der Waals surface area contributed by atoms with Crippen LogP contribution in [0.2, 0.25) is 0 Å². The van der Waals surface area contributed by atoms with Gasteiger partial charge in [0.15, 0.2) is 0 Å². The first-order valence-electron chi connectivity index (χ1n) is 20.1. The van der Waals surface area contributed by atoms with Crippen molar-refractivity contribution in [2.45, 2.75) is 0 Å². The van der Waals surface area contributed by atoms with E-state index in [9.17, 15) is 0 Å². The fraction of sp³-hybridized carbons (Fsp3) is 0. The number of fused-ring (bicyclic) bond motifs is 9. The van der Waals surface area contributed by atoms with Crippen LogP contribution < -0.4 is 4.90 Å². The molecule has 0 atom stereocenters. The molecule has 12 aromatic rings. The number of anilines is 3. The third-order valence-corrected chi connectivity index (χ3v) is 11.8. The molecule has 3 nitrogen and oxygen atoms in total. The lowest BCUT2D eigenvalue weighted by atomic mass is 9.91. The molecule has 2 heterocycles. The summed E-state index contributed by atoms with van der Waals surface area (Å²) in [5.41, 5.74) is 13.4. The molecule has 0 saturated carbocycles. The molecule has 0 unspecified atom stereocenters. The van der Waals surface area contributed by atoms with E-state index < -0.39 is 0 Å². The highest BCUT2D eigenvalue weighted by Crippen LogP contribution is 2.48. The number of furan rings is 2. The number of hydrogen-bond donors (Lipinski definition) is 0. The fourth-order valence-electron chi connectivity index (χ4n) is 9.12. The molecule has 59 heavy (non-hydrogen) atoms. The second-order valence-corrected chi connectivity index (χ2v) is 15.2. The first kappa shape index (κ1) is 33.3. The zero-order chi connectivity index (χ0) is 38.9. The molecular weight excluding hydrogens is 719 g/mol. The first-order valence-corrected chi connectivity index (χ1v) is 20.1. The maximum atomic E-state index is 6.53. The number of nitrogens with zero attached hydrogens (tertiary/aromatic N) is 1. The Labute approximate surface area is 340 Å². The highest BCUT2D eigenvalue weighted by Gasteiger charge is 2.24. The fourth-order valence-corrected chi connectivity index (χ4v) is 9.12. The summed E-state index contributed by atoms with van der Waals surface area (Å²) in [6.07, 6.45) is 0. The van der Waals surface area contributed by atoms with Gasteiger partial charge in [-0.1, -0.05) is 152 Å². The summed E-state index contributed by atoms with van der Waals surface area (Å²) in [6, 6.07) is 75.9. The lowest BCUT2D eigenvalue weighted by Crippen LogP contribution is -2.12. The molecule has 0 fully saturated rings. The van der Waals surface area contributed by atoms with Gasteiger partial charge in [-0.15, -0.1) is 0 Å². The topological polar surface area (TPSA) is 29.5 Å². The highest BCUT2D eigenvalue weighted by molar-refractivity contribution is 6.16. The van der Waals surface area contributed by atoms with E-state index in [-0.39, 0.29) is 0 Å². The van der Waals surface area contributed by atoms with Crippen LogP contribution in [0.25, 0.3) is 98.8 Å². The third-order valence-electron chi connectivity index (χ3n) is 11.8. The summed E-state index contributed by atoms with van der Waals surface area (Å²) in [7, 11) is 0. The average molecular weight is 754 g/mol. The van der Waals surface area contributed by atoms with E-state index in [1.54, 1.807) is 0 Å². The van der Waals surface area contributed by atoms with Crippen LogP contribution >= 0.6 is 0 Å². The van der Waals surface area contributed by atoms with Crippen LogP contribution in [-0.2, 0) is 0 Å². The first-order chi connectivity index (χ1) is 29.2. The maximum absolute atomic E-state index is 6.53. The predicted octanol–water partition coefficient (Wildman–Crippen LogP) is 16.3. The van der Waals surface area contributed by atoms with Gasteiger partial charge in [-0.25, -0.2) is 0 Å². The van der Waals surface area contributed by atoms with E-state index in [0.717, 1.165) is 88.8 Å². The Morgan fingerprint density at radius 3 is 1.76 bits per heavy atom. The molecule has 0 radical (unpaired) electrons. The van der Waals surface area contributed by atoms with Gasteiger partial charge in [-0.05, 0) is 110 Å². The Morgan fingerprint density at radius 1 is 0.288 bits per heavy atom. The van der Waals surface area contributed by atoms with Crippen LogP contribution in [0, 0.1) is 0 Å². The van der Waals surface area contributed by atoms with Crippen LogP contribution in [0.5, 0.6) is 0 Å². The second kappa shape index (κ2) is 13.4. The van der Waals surface area contributed by atoms with Crippen molar-refractivity contribution < 1.29 is 8.83 Å². The van der Waals surface area contributed by atoms with E-state index in [1.165, 1.54) is 27.1 Å². The molecule has 0 spiro atoms. The van der Waals surface area contributed by atoms with Crippen molar-refractivity contribution in [3.05, 3.63) is 212 Å². The van der Waals surface area contributed by atoms with Crippen molar-refractivity contribution in [3.63, 3.8) is 0 Å². The van der Waals surface area contributed by atoms with Gasteiger partial charge in [0, 0.05) is 27.4 Å². The van der Waals surface area contributed by atoms with Crippen molar-refractivity contribution in [1.29, 1.82) is 0 Å². The molecule has 10 aromatic carbocycles. The normalized spacial score (nSPS) is 11.7. The smallest absolute Gasteiger partial charge is 0.137 e. The predicted molar refractivity (Wildman–Crippen MR) is 247 cm³/mol. The highest BCUT2D eigenvalue weighted by atomic mass is 16.3. The molecule has 0 amide bonds. The Morgan fingerprint density at radius 2 is 0.898 bits per heavy atom. The largest absolute Gasteiger partial charge is 0.456 e. The molecule has 276 valence electrons. The van der Waals surface area contributed by atoms with E-state index in [2.05, 4.69) is 199 Å². The number of rotatable bonds is 6. The molecule has 0 N–H and O–H groups in total. The Balaban J connectivity index is 1.14. The van der Waals surface area contributed by atoms with E-state index in [4.69, 9.17) is 8.83 Å². The molecule has 0 aliphatic heterocycles. The Kier molecular flexibility index (Phi) is 7.54. The van der Waals surface area contributed by atoms with Crippen molar-refractivity contribution >= 4 is 82.5 Å². The zero-order valence-electron chi connectivity index (χ0n) is 32.0.